The van der Waals surface area contributed by atoms with Crippen LogP contribution in [0, 0.1) is 22.1 Å². The molecule has 23 heavy (non-hydrogen) atoms. The predicted molar refractivity (Wildman–Crippen MR) is 79.7 cm³/mol. The summed E-state index contributed by atoms with van der Waals surface area (Å²) >= 11 is 0. The minimum atomic E-state index is -1.43. The van der Waals surface area contributed by atoms with Gasteiger partial charge in [0.15, 0.2) is 5.41 Å². The van der Waals surface area contributed by atoms with Gasteiger partial charge in [-0.05, 0) is 44.0 Å². The molecule has 0 aromatic heterocycles. The van der Waals surface area contributed by atoms with Crippen molar-refractivity contribution in [2.45, 2.75) is 33.6 Å². The average molecular weight is 319 g/mol. The Hall–Kier alpha value is -2.24. The van der Waals surface area contributed by atoms with Crippen molar-refractivity contribution >= 4 is 23.5 Å². The van der Waals surface area contributed by atoms with E-state index in [1.54, 1.807) is 20.8 Å². The number of anilines is 1. The number of cyclic esters (lactones) is 2. The molecule has 0 spiro atoms. The number of hydrogen-bond acceptors (Lipinski definition) is 4. The van der Waals surface area contributed by atoms with Gasteiger partial charge in [0.2, 0.25) is 5.91 Å². The minimum absolute atomic E-state index is 0.244. The van der Waals surface area contributed by atoms with Crippen LogP contribution in [0.25, 0.3) is 0 Å². The maximum atomic E-state index is 13.0. The van der Waals surface area contributed by atoms with Gasteiger partial charge >= 0.3 is 11.9 Å². The Morgan fingerprint density at radius 1 is 1.09 bits per heavy atom. The van der Waals surface area contributed by atoms with E-state index in [0.717, 1.165) is 0 Å². The number of carbonyl (C=O) groups is 3. The number of esters is 2. The van der Waals surface area contributed by atoms with Crippen molar-refractivity contribution in [2.75, 3.05) is 5.32 Å². The molecular formula is C17H18FNO4. The normalized spacial score (nSPS) is 31.7. The summed E-state index contributed by atoms with van der Waals surface area (Å²) in [6.45, 7) is 5.24. The summed E-state index contributed by atoms with van der Waals surface area (Å²) in [6.07, 6.45) is 0.648. The molecule has 0 radical (unpaired) electrons. The molecule has 1 amide bonds. The molecule has 122 valence electrons. The van der Waals surface area contributed by atoms with Gasteiger partial charge in [-0.1, -0.05) is 13.8 Å². The number of rotatable bonds is 2. The van der Waals surface area contributed by atoms with E-state index in [4.69, 9.17) is 4.74 Å². The second-order valence-corrected chi connectivity index (χ2v) is 7.00. The highest BCUT2D eigenvalue weighted by molar-refractivity contribution is 6.14. The zero-order valence-electron chi connectivity index (χ0n) is 13.2. The molecule has 1 aliphatic carbocycles. The van der Waals surface area contributed by atoms with Gasteiger partial charge in [-0.25, -0.2) is 4.39 Å². The molecule has 2 bridgehead atoms. The Bertz CT molecular complexity index is 712. The molecule has 3 rings (SSSR count). The molecule has 2 atom stereocenters. The topological polar surface area (TPSA) is 72.5 Å². The fourth-order valence-electron chi connectivity index (χ4n) is 3.79. The van der Waals surface area contributed by atoms with E-state index in [0.29, 0.717) is 12.1 Å². The van der Waals surface area contributed by atoms with E-state index in [1.165, 1.54) is 24.3 Å². The molecular weight excluding hydrogens is 301 g/mol. The van der Waals surface area contributed by atoms with Gasteiger partial charge in [0.1, 0.15) is 5.82 Å². The first-order chi connectivity index (χ1) is 10.6. The van der Waals surface area contributed by atoms with Gasteiger partial charge in [0.25, 0.3) is 0 Å². The van der Waals surface area contributed by atoms with Crippen LogP contribution in [0.5, 0.6) is 0 Å². The van der Waals surface area contributed by atoms with Gasteiger partial charge < -0.3 is 10.1 Å². The predicted octanol–water partition coefficient (Wildman–Crippen LogP) is 2.66. The van der Waals surface area contributed by atoms with Crippen molar-refractivity contribution in [1.82, 2.24) is 0 Å². The molecule has 1 N–H and O–H groups in total. The molecule has 2 unspecified atom stereocenters. The number of amides is 1. The summed E-state index contributed by atoms with van der Waals surface area (Å²) < 4.78 is 17.9. The molecule has 1 aliphatic heterocycles. The Morgan fingerprint density at radius 2 is 1.70 bits per heavy atom. The highest BCUT2D eigenvalue weighted by Gasteiger charge is 2.75. The van der Waals surface area contributed by atoms with Crippen molar-refractivity contribution < 1.29 is 23.5 Å². The standard InChI is InChI=1S/C17H18FNO4/c1-15(2)16(3)8-9-17(15,14(22)23-13(16)21)12(20)19-11-6-4-10(18)5-7-11/h4-7H,8-9H2,1-3H3,(H,19,20). The lowest BCUT2D eigenvalue weighted by atomic mass is 9.57. The van der Waals surface area contributed by atoms with Crippen LogP contribution in [0.3, 0.4) is 0 Å². The maximum Gasteiger partial charge on any atom is 0.329 e. The lowest BCUT2D eigenvalue weighted by Gasteiger charge is -2.48. The van der Waals surface area contributed by atoms with Crippen LogP contribution >= 0.6 is 0 Å². The summed E-state index contributed by atoms with van der Waals surface area (Å²) in [6, 6.07) is 5.29. The smallest absolute Gasteiger partial charge is 0.329 e. The van der Waals surface area contributed by atoms with Gasteiger partial charge in [0, 0.05) is 11.1 Å². The molecule has 1 aromatic carbocycles. The summed E-state index contributed by atoms with van der Waals surface area (Å²) in [5.41, 5.74) is -2.80. The number of fused-ring (bicyclic) bond motifs is 2. The van der Waals surface area contributed by atoms with Crippen molar-refractivity contribution in [2.24, 2.45) is 16.2 Å². The van der Waals surface area contributed by atoms with E-state index in [-0.39, 0.29) is 6.42 Å². The molecule has 2 fully saturated rings. The number of nitrogens with one attached hydrogen (secondary N) is 1. The Kier molecular flexibility index (Phi) is 3.15. The van der Waals surface area contributed by atoms with Crippen LogP contribution in [0.2, 0.25) is 0 Å². The number of halogens is 1. The zero-order valence-corrected chi connectivity index (χ0v) is 13.2. The summed E-state index contributed by atoms with van der Waals surface area (Å²) in [5.74, 6) is -2.31. The summed E-state index contributed by atoms with van der Waals surface area (Å²) in [4.78, 5) is 37.5. The zero-order chi connectivity index (χ0) is 17.0. The van der Waals surface area contributed by atoms with Crippen molar-refractivity contribution in [3.05, 3.63) is 30.1 Å². The Labute approximate surface area is 133 Å². The van der Waals surface area contributed by atoms with E-state index in [2.05, 4.69) is 5.32 Å². The van der Waals surface area contributed by atoms with Crippen molar-refractivity contribution in [3.8, 4) is 0 Å². The number of benzene rings is 1. The minimum Gasteiger partial charge on any atom is -0.392 e. The first-order valence-electron chi connectivity index (χ1n) is 7.49. The second-order valence-electron chi connectivity index (χ2n) is 7.00. The fourth-order valence-corrected chi connectivity index (χ4v) is 3.79. The average Bonchev–Trinajstić information content (AvgIpc) is 2.63. The molecule has 1 aromatic rings. The summed E-state index contributed by atoms with van der Waals surface area (Å²) in [5, 5.41) is 2.66. The largest absolute Gasteiger partial charge is 0.392 e. The van der Waals surface area contributed by atoms with E-state index < -0.39 is 39.9 Å². The van der Waals surface area contributed by atoms with Crippen LogP contribution in [-0.2, 0) is 19.1 Å². The molecule has 2 aliphatic rings. The maximum absolute atomic E-state index is 13.0. The Balaban J connectivity index is 1.99. The van der Waals surface area contributed by atoms with Crippen LogP contribution < -0.4 is 5.32 Å². The van der Waals surface area contributed by atoms with Crippen LogP contribution in [0.1, 0.15) is 33.6 Å². The van der Waals surface area contributed by atoms with Crippen LogP contribution in [0.4, 0.5) is 10.1 Å². The lowest BCUT2D eigenvalue weighted by molar-refractivity contribution is -0.195. The van der Waals surface area contributed by atoms with E-state index in [9.17, 15) is 18.8 Å². The lowest BCUT2D eigenvalue weighted by Crippen LogP contribution is -2.60. The van der Waals surface area contributed by atoms with E-state index in [1.807, 2.05) is 0 Å². The van der Waals surface area contributed by atoms with Crippen LogP contribution in [-0.4, -0.2) is 17.8 Å². The van der Waals surface area contributed by atoms with Crippen molar-refractivity contribution in [3.63, 3.8) is 0 Å². The highest BCUT2D eigenvalue weighted by atomic mass is 19.1. The van der Waals surface area contributed by atoms with Crippen LogP contribution in [0.15, 0.2) is 24.3 Å². The first-order valence-corrected chi connectivity index (χ1v) is 7.49. The monoisotopic (exact) mass is 319 g/mol. The summed E-state index contributed by atoms with van der Waals surface area (Å²) in [7, 11) is 0. The first kappa shape index (κ1) is 15.6. The third kappa shape index (κ3) is 1.81. The number of hydrogen-bond donors (Lipinski definition) is 1. The SMILES string of the molecule is CC12CCC(C(=O)Nc3ccc(F)cc3)(C(=O)OC1=O)C2(C)C. The molecule has 1 heterocycles. The number of carbonyl (C=O) groups excluding carboxylic acids is 3. The molecule has 1 saturated heterocycles. The Morgan fingerprint density at radius 3 is 2.30 bits per heavy atom. The molecule has 1 saturated carbocycles. The molecule has 5 nitrogen and oxygen atoms in total. The van der Waals surface area contributed by atoms with E-state index >= 15 is 0 Å². The third-order valence-electron chi connectivity index (χ3n) is 5.92. The van der Waals surface area contributed by atoms with Gasteiger partial charge in [0.05, 0.1) is 5.41 Å². The van der Waals surface area contributed by atoms with Gasteiger partial charge in [-0.15, -0.1) is 0 Å². The molecule has 6 heteroatoms. The number of ether oxygens (including phenoxy) is 1. The third-order valence-corrected chi connectivity index (χ3v) is 5.92. The van der Waals surface area contributed by atoms with Gasteiger partial charge in [-0.3, -0.25) is 14.4 Å². The highest BCUT2D eigenvalue weighted by Crippen LogP contribution is 2.66. The fraction of sp³-hybridized carbons (Fsp3) is 0.471. The van der Waals surface area contributed by atoms with Crippen molar-refractivity contribution in [1.29, 1.82) is 0 Å². The van der Waals surface area contributed by atoms with Gasteiger partial charge in [-0.2, -0.15) is 0 Å². The second kappa shape index (κ2) is 4.63. The quantitative estimate of drug-likeness (QED) is 0.672.